The third-order valence-corrected chi connectivity index (χ3v) is 3.74. The second kappa shape index (κ2) is 6.89. The molecule has 2 rings (SSSR count). The quantitative estimate of drug-likeness (QED) is 0.917. The first-order valence-electron chi connectivity index (χ1n) is 6.75. The summed E-state index contributed by atoms with van der Waals surface area (Å²) in [6.07, 6.45) is 0. The number of anilines is 1. The van der Waals surface area contributed by atoms with Crippen LogP contribution in [-0.4, -0.2) is 29.1 Å². The molecule has 0 saturated carbocycles. The Morgan fingerprint density at radius 1 is 1.55 bits per heavy atom. The maximum absolute atomic E-state index is 13.8. The van der Waals surface area contributed by atoms with Gasteiger partial charge < -0.3 is 4.52 Å². The highest BCUT2D eigenvalue weighted by Gasteiger charge is 2.21. The maximum Gasteiger partial charge on any atom is 0.243 e. The molecule has 1 aromatic carbocycles. The van der Waals surface area contributed by atoms with Crippen molar-refractivity contribution in [2.45, 2.75) is 26.4 Å². The lowest BCUT2D eigenvalue weighted by Gasteiger charge is -2.24. The first-order valence-corrected chi connectivity index (χ1v) is 7.13. The van der Waals surface area contributed by atoms with Gasteiger partial charge >= 0.3 is 0 Å². The minimum absolute atomic E-state index is 0.218. The molecule has 22 heavy (non-hydrogen) atoms. The van der Waals surface area contributed by atoms with Crippen molar-refractivity contribution in [1.82, 2.24) is 10.1 Å². The number of benzene rings is 1. The molecule has 1 unspecified atom stereocenters. The van der Waals surface area contributed by atoms with Crippen LogP contribution in [0.15, 0.2) is 28.8 Å². The molecule has 118 valence electrons. The SMILES string of the molecule is Cc1cc(NC(=O)C(C)N(C)Cc2c(F)cccc2Cl)on1. The zero-order valence-electron chi connectivity index (χ0n) is 12.6. The van der Waals surface area contributed by atoms with Crippen LogP contribution < -0.4 is 5.32 Å². The highest BCUT2D eigenvalue weighted by Crippen LogP contribution is 2.21. The third-order valence-electron chi connectivity index (χ3n) is 3.38. The number of rotatable bonds is 5. The number of likely N-dealkylation sites (N-methyl/N-ethyl adjacent to an activating group) is 1. The molecular formula is C15H17ClFN3O2. The normalized spacial score (nSPS) is 12.5. The van der Waals surface area contributed by atoms with E-state index in [4.69, 9.17) is 16.1 Å². The summed E-state index contributed by atoms with van der Waals surface area (Å²) in [5.41, 5.74) is 1.04. The van der Waals surface area contributed by atoms with Crippen molar-refractivity contribution < 1.29 is 13.7 Å². The van der Waals surface area contributed by atoms with E-state index in [2.05, 4.69) is 10.5 Å². The molecule has 0 aliphatic carbocycles. The van der Waals surface area contributed by atoms with E-state index < -0.39 is 11.9 Å². The van der Waals surface area contributed by atoms with Gasteiger partial charge in [-0.1, -0.05) is 22.8 Å². The predicted octanol–water partition coefficient (Wildman–Crippen LogP) is 3.23. The Bertz CT molecular complexity index is 654. The van der Waals surface area contributed by atoms with Gasteiger partial charge in [-0.25, -0.2) is 4.39 Å². The van der Waals surface area contributed by atoms with Crippen LogP contribution in [0.1, 0.15) is 18.2 Å². The molecule has 1 aromatic heterocycles. The zero-order chi connectivity index (χ0) is 16.3. The van der Waals surface area contributed by atoms with E-state index in [1.54, 1.807) is 44.0 Å². The molecule has 0 aliphatic rings. The largest absolute Gasteiger partial charge is 0.338 e. The van der Waals surface area contributed by atoms with Crippen molar-refractivity contribution in [2.75, 3.05) is 12.4 Å². The molecular weight excluding hydrogens is 309 g/mol. The van der Waals surface area contributed by atoms with Crippen LogP contribution in [0.3, 0.4) is 0 Å². The topological polar surface area (TPSA) is 58.4 Å². The fourth-order valence-electron chi connectivity index (χ4n) is 1.92. The van der Waals surface area contributed by atoms with E-state index >= 15 is 0 Å². The van der Waals surface area contributed by atoms with Gasteiger partial charge in [0, 0.05) is 23.2 Å². The summed E-state index contributed by atoms with van der Waals surface area (Å²) in [6.45, 7) is 3.69. The number of amides is 1. The molecule has 0 spiro atoms. The number of nitrogens with one attached hydrogen (secondary N) is 1. The van der Waals surface area contributed by atoms with E-state index in [1.165, 1.54) is 6.07 Å². The van der Waals surface area contributed by atoms with E-state index in [0.717, 1.165) is 0 Å². The molecule has 5 nitrogen and oxygen atoms in total. The van der Waals surface area contributed by atoms with E-state index in [0.29, 0.717) is 16.3 Å². The van der Waals surface area contributed by atoms with Gasteiger partial charge in [-0.3, -0.25) is 15.0 Å². The number of halogens is 2. The van der Waals surface area contributed by atoms with Crippen LogP contribution in [0.5, 0.6) is 0 Å². The maximum atomic E-state index is 13.8. The van der Waals surface area contributed by atoms with Crippen LogP contribution in [-0.2, 0) is 11.3 Å². The van der Waals surface area contributed by atoms with Gasteiger partial charge in [0.1, 0.15) is 5.82 Å². The standard InChI is InChI=1S/C15H17ClFN3O2/c1-9-7-14(22-19-9)18-15(21)10(2)20(3)8-11-12(16)5-4-6-13(11)17/h4-7,10H,8H2,1-3H3,(H,18,21). The van der Waals surface area contributed by atoms with Gasteiger partial charge in [0.2, 0.25) is 11.8 Å². The molecule has 1 N–H and O–H groups in total. The number of hydrogen-bond acceptors (Lipinski definition) is 4. The summed E-state index contributed by atoms with van der Waals surface area (Å²) in [7, 11) is 1.72. The molecule has 2 aromatic rings. The van der Waals surface area contributed by atoms with Crippen LogP contribution in [0.25, 0.3) is 0 Å². The summed E-state index contributed by atoms with van der Waals surface area (Å²) in [6, 6.07) is 5.63. The van der Waals surface area contributed by atoms with Crippen molar-refractivity contribution in [2.24, 2.45) is 0 Å². The molecule has 0 fully saturated rings. The first-order chi connectivity index (χ1) is 10.4. The fourth-order valence-corrected chi connectivity index (χ4v) is 2.14. The Morgan fingerprint density at radius 3 is 2.86 bits per heavy atom. The molecule has 1 heterocycles. The molecule has 0 bridgehead atoms. The lowest BCUT2D eigenvalue weighted by Crippen LogP contribution is -2.39. The Labute approximate surface area is 133 Å². The summed E-state index contributed by atoms with van der Waals surface area (Å²) in [5, 5.41) is 6.65. The second-order valence-corrected chi connectivity index (χ2v) is 5.52. The van der Waals surface area contributed by atoms with Gasteiger partial charge in [0.25, 0.3) is 0 Å². The van der Waals surface area contributed by atoms with Crippen LogP contribution in [0, 0.1) is 12.7 Å². The number of aryl methyl sites for hydroxylation is 1. The average molecular weight is 326 g/mol. The van der Waals surface area contributed by atoms with E-state index in [-0.39, 0.29) is 18.3 Å². The monoisotopic (exact) mass is 325 g/mol. The molecule has 1 atom stereocenters. The molecule has 7 heteroatoms. The molecule has 0 radical (unpaired) electrons. The van der Waals surface area contributed by atoms with Crippen molar-refractivity contribution >= 4 is 23.4 Å². The molecule has 0 aliphatic heterocycles. The Balaban J connectivity index is 2.02. The fraction of sp³-hybridized carbons (Fsp3) is 0.333. The summed E-state index contributed by atoms with van der Waals surface area (Å²) >= 11 is 6.00. The smallest absolute Gasteiger partial charge is 0.243 e. The summed E-state index contributed by atoms with van der Waals surface area (Å²) < 4.78 is 18.7. The minimum atomic E-state index is -0.499. The Hall–Kier alpha value is -1.92. The minimum Gasteiger partial charge on any atom is -0.338 e. The summed E-state index contributed by atoms with van der Waals surface area (Å²) in [4.78, 5) is 13.9. The lowest BCUT2D eigenvalue weighted by molar-refractivity contribution is -0.120. The lowest BCUT2D eigenvalue weighted by atomic mass is 10.1. The van der Waals surface area contributed by atoms with Gasteiger partial charge in [0.05, 0.1) is 11.7 Å². The van der Waals surface area contributed by atoms with Crippen molar-refractivity contribution in [3.05, 3.63) is 46.4 Å². The first kappa shape index (κ1) is 16.5. The Kier molecular flexibility index (Phi) is 5.15. The van der Waals surface area contributed by atoms with Gasteiger partial charge in [-0.15, -0.1) is 0 Å². The summed E-state index contributed by atoms with van der Waals surface area (Å²) in [5.74, 6) is -0.379. The Morgan fingerprint density at radius 2 is 2.27 bits per heavy atom. The van der Waals surface area contributed by atoms with Gasteiger partial charge in [0.15, 0.2) is 0 Å². The van der Waals surface area contributed by atoms with Crippen molar-refractivity contribution in [3.63, 3.8) is 0 Å². The van der Waals surface area contributed by atoms with Gasteiger partial charge in [-0.05, 0) is 33.0 Å². The highest BCUT2D eigenvalue weighted by molar-refractivity contribution is 6.31. The second-order valence-electron chi connectivity index (χ2n) is 5.11. The van der Waals surface area contributed by atoms with Crippen LogP contribution in [0.4, 0.5) is 10.3 Å². The number of carbonyl (C=O) groups excluding carboxylic acids is 1. The number of aromatic nitrogens is 1. The van der Waals surface area contributed by atoms with E-state index in [1.807, 2.05) is 0 Å². The van der Waals surface area contributed by atoms with Crippen LogP contribution in [0.2, 0.25) is 5.02 Å². The van der Waals surface area contributed by atoms with Crippen molar-refractivity contribution in [1.29, 1.82) is 0 Å². The highest BCUT2D eigenvalue weighted by atomic mass is 35.5. The zero-order valence-corrected chi connectivity index (χ0v) is 13.3. The molecule has 1 amide bonds. The average Bonchev–Trinajstić information content (AvgIpc) is 2.87. The van der Waals surface area contributed by atoms with Crippen molar-refractivity contribution in [3.8, 4) is 0 Å². The number of nitrogens with zero attached hydrogens (tertiary/aromatic N) is 2. The van der Waals surface area contributed by atoms with E-state index in [9.17, 15) is 9.18 Å². The number of carbonyl (C=O) groups is 1. The number of hydrogen-bond donors (Lipinski definition) is 1. The van der Waals surface area contributed by atoms with Gasteiger partial charge in [-0.2, -0.15) is 0 Å². The molecule has 0 saturated heterocycles. The van der Waals surface area contributed by atoms with Crippen LogP contribution >= 0.6 is 11.6 Å². The third kappa shape index (κ3) is 3.84. The predicted molar refractivity (Wildman–Crippen MR) is 82.2 cm³/mol.